The number of aliphatic hydroxyl groups is 1. The van der Waals surface area contributed by atoms with Crippen molar-refractivity contribution >= 4 is 55.8 Å². The molecule has 2 N–H and O–H groups in total. The predicted octanol–water partition coefficient (Wildman–Crippen LogP) is 0.902. The second kappa shape index (κ2) is 5.27. The molecule has 6 nitrogen and oxygen atoms in total. The van der Waals surface area contributed by atoms with Crippen LogP contribution < -0.4 is 5.43 Å². The van der Waals surface area contributed by atoms with E-state index in [-0.39, 0.29) is 6.61 Å². The lowest BCUT2D eigenvalue weighted by atomic mass is 10.4. The number of fused-ring (bicyclic) bond motifs is 1. The number of nitrogens with zero attached hydrogens (tertiary/aromatic N) is 3. The molecule has 0 bridgehead atoms. The third kappa shape index (κ3) is 2.58. The summed E-state index contributed by atoms with van der Waals surface area (Å²) in [5, 5.41) is 14.0. The Kier molecular flexibility index (Phi) is 3.94. The van der Waals surface area contributed by atoms with Gasteiger partial charge in [-0.2, -0.15) is 4.79 Å². The first-order valence-corrected chi connectivity index (χ1v) is 6.55. The van der Waals surface area contributed by atoms with Crippen LogP contribution in [-0.2, 0) is 4.79 Å². The molecule has 90 valence electrons. The van der Waals surface area contributed by atoms with Crippen molar-refractivity contribution in [2.24, 2.45) is 0 Å². The highest BCUT2D eigenvalue weighted by atomic mass is 127. The van der Waals surface area contributed by atoms with Crippen LogP contribution in [0.1, 0.15) is 0 Å². The van der Waals surface area contributed by atoms with E-state index in [0.29, 0.717) is 11.9 Å². The van der Waals surface area contributed by atoms with Crippen LogP contribution in [0.25, 0.3) is 11.0 Å². The van der Waals surface area contributed by atoms with Gasteiger partial charge in [-0.1, -0.05) is 0 Å². The fourth-order valence-electron chi connectivity index (χ4n) is 1.30. The quantitative estimate of drug-likeness (QED) is 0.578. The molecule has 2 aromatic heterocycles. The molecule has 17 heavy (non-hydrogen) atoms. The molecule has 0 aliphatic rings. The summed E-state index contributed by atoms with van der Waals surface area (Å²) in [5.74, 6) is 0. The van der Waals surface area contributed by atoms with Crippen LogP contribution in [0.4, 0.5) is 0 Å². The van der Waals surface area contributed by atoms with Crippen molar-refractivity contribution in [1.29, 1.82) is 0 Å². The maximum absolute atomic E-state index is 10.6. The number of carbonyl (C=O) groups excluding carboxylic acids is 1. The van der Waals surface area contributed by atoms with Crippen LogP contribution >= 0.6 is 38.5 Å². The van der Waals surface area contributed by atoms with Crippen molar-refractivity contribution in [2.75, 3.05) is 12.0 Å². The summed E-state index contributed by atoms with van der Waals surface area (Å²) >= 11 is 5.42. The van der Waals surface area contributed by atoms with E-state index in [1.54, 1.807) is 6.20 Å². The molecule has 0 saturated carbocycles. The first-order valence-electron chi connectivity index (χ1n) is 4.68. The Bertz CT molecular complexity index is 559. The molecular formula is C9H8BrIN4O2. The number of nitrogens with one attached hydrogen (secondary N) is 1. The third-order valence-electron chi connectivity index (χ3n) is 2.09. The van der Waals surface area contributed by atoms with Gasteiger partial charge in [-0.15, -0.1) is 5.10 Å². The molecule has 2 heterocycles. The van der Waals surface area contributed by atoms with E-state index in [4.69, 9.17) is 5.11 Å². The van der Waals surface area contributed by atoms with Crippen LogP contribution in [0.3, 0.4) is 0 Å². The van der Waals surface area contributed by atoms with Gasteiger partial charge < -0.3 is 9.90 Å². The minimum Gasteiger partial charge on any atom is -0.394 e. The lowest BCUT2D eigenvalue weighted by molar-refractivity contribution is -0.109. The highest BCUT2D eigenvalue weighted by Crippen LogP contribution is 2.21. The van der Waals surface area contributed by atoms with Crippen LogP contribution in [0.5, 0.6) is 0 Å². The van der Waals surface area contributed by atoms with Crippen molar-refractivity contribution in [1.82, 2.24) is 14.9 Å². The Morgan fingerprint density at radius 2 is 2.47 bits per heavy atom. The normalized spacial score (nSPS) is 12.6. The van der Waals surface area contributed by atoms with Crippen LogP contribution in [0.2, 0.25) is 0 Å². The Hall–Kier alpha value is -0.740. The number of aliphatic hydroxyl groups excluding tert-OH is 1. The fourth-order valence-corrected chi connectivity index (χ4v) is 2.25. The molecule has 0 amide bonds. The highest BCUT2D eigenvalue weighted by molar-refractivity contribution is 14.1. The number of pyridine rings is 1. The van der Waals surface area contributed by atoms with Gasteiger partial charge in [-0.05, 0) is 44.6 Å². The van der Waals surface area contributed by atoms with Gasteiger partial charge in [0.25, 0.3) is 0 Å². The first kappa shape index (κ1) is 12.7. The maximum Gasteiger partial charge on any atom is 0.181 e. The number of carbonyl (C=O) groups is 1. The molecule has 2 aromatic rings. The lowest BCUT2D eigenvalue weighted by Crippen LogP contribution is -2.33. The zero-order chi connectivity index (χ0) is 12.4. The van der Waals surface area contributed by atoms with E-state index in [9.17, 15) is 4.79 Å². The van der Waals surface area contributed by atoms with E-state index in [2.05, 4.69) is 54.0 Å². The minimum absolute atomic E-state index is 0.294. The summed E-state index contributed by atoms with van der Waals surface area (Å²) in [5.41, 5.74) is 3.38. The van der Waals surface area contributed by atoms with Crippen LogP contribution in [-0.4, -0.2) is 38.9 Å². The number of hydrogen-bond acceptors (Lipinski definition) is 5. The zero-order valence-electron chi connectivity index (χ0n) is 8.47. The number of aldehydes is 1. The van der Waals surface area contributed by atoms with E-state index >= 15 is 0 Å². The summed E-state index contributed by atoms with van der Waals surface area (Å²) in [6.45, 7) is -0.294. The average molecular weight is 411 g/mol. The smallest absolute Gasteiger partial charge is 0.181 e. The van der Waals surface area contributed by atoms with Crippen molar-refractivity contribution in [2.45, 2.75) is 6.04 Å². The molecule has 2 rings (SSSR count). The molecule has 0 aliphatic heterocycles. The second-order valence-corrected chi connectivity index (χ2v) is 5.22. The van der Waals surface area contributed by atoms with Gasteiger partial charge in [-0.3, -0.25) is 5.43 Å². The van der Waals surface area contributed by atoms with Crippen molar-refractivity contribution in [3.63, 3.8) is 0 Å². The Balaban J connectivity index is 2.45. The van der Waals surface area contributed by atoms with Gasteiger partial charge in [0.15, 0.2) is 5.65 Å². The minimum atomic E-state index is -0.695. The maximum atomic E-state index is 10.6. The van der Waals surface area contributed by atoms with E-state index < -0.39 is 6.04 Å². The SMILES string of the molecule is O=C[C@H](CO)Nn1nc(I)c2cc(Br)cnc21. The van der Waals surface area contributed by atoms with E-state index in [1.165, 1.54) is 4.79 Å². The molecule has 0 aliphatic carbocycles. The fraction of sp³-hybridized carbons (Fsp3) is 0.222. The van der Waals surface area contributed by atoms with Crippen molar-refractivity contribution in [3.05, 3.63) is 20.4 Å². The molecule has 0 spiro atoms. The molecule has 8 heteroatoms. The molecule has 0 saturated heterocycles. The average Bonchev–Trinajstić information content (AvgIpc) is 2.63. The third-order valence-corrected chi connectivity index (χ3v) is 3.32. The summed E-state index contributed by atoms with van der Waals surface area (Å²) in [6, 6.07) is 1.20. The van der Waals surface area contributed by atoms with Gasteiger partial charge in [0, 0.05) is 10.7 Å². The number of halogens is 2. The van der Waals surface area contributed by atoms with Gasteiger partial charge >= 0.3 is 0 Å². The highest BCUT2D eigenvalue weighted by Gasteiger charge is 2.13. The molecular weight excluding hydrogens is 403 g/mol. The summed E-state index contributed by atoms with van der Waals surface area (Å²) in [6.07, 6.45) is 2.27. The monoisotopic (exact) mass is 410 g/mol. The molecule has 0 aromatic carbocycles. The standard InChI is InChI=1S/C9H8BrIN4O2/c10-5-1-7-8(11)14-15(9(7)12-2-5)13-6(3-16)4-17/h1-3,6,13,17H,4H2/t6-/m1/s1. The Morgan fingerprint density at radius 3 is 3.12 bits per heavy atom. The summed E-state index contributed by atoms with van der Waals surface area (Å²) in [7, 11) is 0. The van der Waals surface area contributed by atoms with E-state index in [1.807, 2.05) is 6.07 Å². The Labute approximate surface area is 119 Å². The molecule has 0 radical (unpaired) electrons. The molecule has 1 atom stereocenters. The van der Waals surface area contributed by atoms with Gasteiger partial charge in [0.1, 0.15) is 16.0 Å². The number of hydrogen-bond donors (Lipinski definition) is 2. The Morgan fingerprint density at radius 1 is 1.71 bits per heavy atom. The van der Waals surface area contributed by atoms with Gasteiger partial charge in [0.05, 0.1) is 12.0 Å². The zero-order valence-corrected chi connectivity index (χ0v) is 12.2. The second-order valence-electron chi connectivity index (χ2n) is 3.28. The van der Waals surface area contributed by atoms with Crippen molar-refractivity contribution < 1.29 is 9.90 Å². The molecule has 0 fully saturated rings. The van der Waals surface area contributed by atoms with Crippen LogP contribution in [0.15, 0.2) is 16.7 Å². The van der Waals surface area contributed by atoms with Gasteiger partial charge in [0.2, 0.25) is 0 Å². The van der Waals surface area contributed by atoms with Crippen LogP contribution in [0, 0.1) is 3.70 Å². The lowest BCUT2D eigenvalue weighted by Gasteiger charge is -2.10. The van der Waals surface area contributed by atoms with Crippen molar-refractivity contribution in [3.8, 4) is 0 Å². The predicted molar refractivity (Wildman–Crippen MR) is 74.2 cm³/mol. The number of aromatic nitrogens is 3. The van der Waals surface area contributed by atoms with Gasteiger partial charge in [-0.25, -0.2) is 4.98 Å². The first-order chi connectivity index (χ1) is 8.15. The summed E-state index contributed by atoms with van der Waals surface area (Å²) < 4.78 is 1.62. The number of rotatable bonds is 4. The van der Waals surface area contributed by atoms with E-state index in [0.717, 1.165) is 13.6 Å². The summed E-state index contributed by atoms with van der Waals surface area (Å²) in [4.78, 5) is 16.3. The largest absolute Gasteiger partial charge is 0.394 e. The molecule has 0 unspecified atom stereocenters. The topological polar surface area (TPSA) is 80.0 Å².